The van der Waals surface area contributed by atoms with Crippen LogP contribution in [0.4, 0.5) is 8.78 Å². The molecule has 0 fully saturated rings. The van der Waals surface area contributed by atoms with Crippen LogP contribution < -0.4 is 21.8 Å². The SMILES string of the molecule is CCCC[C@H](c1ccc(C(=O)NCC2=NNNN2)cc1)N1C(=O)C(c2cc(F)cc(F)c2)=NC12CC=CC(C)C2. The summed E-state index contributed by atoms with van der Waals surface area (Å²) < 4.78 is 28.3. The Morgan fingerprint density at radius 2 is 1.95 bits per heavy atom. The summed E-state index contributed by atoms with van der Waals surface area (Å²) in [5.41, 5.74) is 8.62. The predicted molar refractivity (Wildman–Crippen MR) is 148 cm³/mol. The average molecular weight is 550 g/mol. The number of benzene rings is 2. The van der Waals surface area contributed by atoms with Crippen molar-refractivity contribution in [3.8, 4) is 0 Å². The van der Waals surface area contributed by atoms with E-state index in [-0.39, 0.29) is 41.6 Å². The molecule has 2 aromatic rings. The first-order valence-electron chi connectivity index (χ1n) is 13.6. The molecule has 0 saturated heterocycles. The highest BCUT2D eigenvalue weighted by Gasteiger charge is 2.51. The summed E-state index contributed by atoms with van der Waals surface area (Å²) in [7, 11) is 0. The maximum absolute atomic E-state index is 14.2. The summed E-state index contributed by atoms with van der Waals surface area (Å²) in [6.45, 7) is 4.38. The molecule has 2 aliphatic heterocycles. The van der Waals surface area contributed by atoms with Crippen LogP contribution in [0.15, 0.2) is 64.7 Å². The van der Waals surface area contributed by atoms with Gasteiger partial charge in [0.15, 0.2) is 5.84 Å². The first kappa shape index (κ1) is 27.4. The van der Waals surface area contributed by atoms with Crippen molar-refractivity contribution in [1.29, 1.82) is 0 Å². The molecular weight excluding hydrogens is 516 g/mol. The number of carbonyl (C=O) groups excluding carboxylic acids is 2. The Kier molecular flexibility index (Phi) is 7.92. The summed E-state index contributed by atoms with van der Waals surface area (Å²) in [4.78, 5) is 33.6. The van der Waals surface area contributed by atoms with Gasteiger partial charge in [0.25, 0.3) is 11.8 Å². The lowest BCUT2D eigenvalue weighted by atomic mass is 9.84. The van der Waals surface area contributed by atoms with Crippen LogP contribution in [0.25, 0.3) is 0 Å². The number of hydrazine groups is 2. The highest BCUT2D eigenvalue weighted by molar-refractivity contribution is 6.46. The minimum atomic E-state index is -0.866. The normalized spacial score (nSPS) is 22.6. The summed E-state index contributed by atoms with van der Waals surface area (Å²) >= 11 is 0. The monoisotopic (exact) mass is 549 g/mol. The number of amidine groups is 1. The van der Waals surface area contributed by atoms with Crippen LogP contribution in [0.1, 0.15) is 73.5 Å². The Morgan fingerprint density at radius 1 is 1.20 bits per heavy atom. The van der Waals surface area contributed by atoms with Gasteiger partial charge in [-0.15, -0.1) is 10.6 Å². The van der Waals surface area contributed by atoms with Gasteiger partial charge in [0.1, 0.15) is 23.0 Å². The third kappa shape index (κ3) is 5.60. The summed E-state index contributed by atoms with van der Waals surface area (Å²) in [5, 5.41) is 6.74. The molecule has 5 rings (SSSR count). The lowest BCUT2D eigenvalue weighted by Crippen LogP contribution is -2.50. The second-order valence-corrected chi connectivity index (χ2v) is 10.5. The molecule has 2 amide bonds. The average Bonchev–Trinajstić information content (AvgIpc) is 3.54. The molecule has 2 heterocycles. The van der Waals surface area contributed by atoms with Gasteiger partial charge in [-0.1, -0.05) is 51.0 Å². The summed E-state index contributed by atoms with van der Waals surface area (Å²) in [5.74, 6) is -1.40. The van der Waals surface area contributed by atoms with Crippen LogP contribution in [0.3, 0.4) is 0 Å². The number of amides is 2. The van der Waals surface area contributed by atoms with Gasteiger partial charge in [0.2, 0.25) is 0 Å². The van der Waals surface area contributed by atoms with Crippen LogP contribution in [0.2, 0.25) is 0 Å². The second kappa shape index (κ2) is 11.5. The third-order valence-corrected chi connectivity index (χ3v) is 7.45. The quantitative estimate of drug-likeness (QED) is 0.355. The molecule has 3 aliphatic rings. The van der Waals surface area contributed by atoms with E-state index in [1.54, 1.807) is 12.1 Å². The molecule has 1 aliphatic carbocycles. The number of nitrogens with one attached hydrogen (secondary N) is 4. The minimum absolute atomic E-state index is 0.0748. The van der Waals surface area contributed by atoms with Crippen molar-refractivity contribution < 1.29 is 18.4 Å². The van der Waals surface area contributed by atoms with E-state index in [1.165, 1.54) is 0 Å². The van der Waals surface area contributed by atoms with Crippen LogP contribution >= 0.6 is 0 Å². The first-order valence-corrected chi connectivity index (χ1v) is 13.6. The van der Waals surface area contributed by atoms with Gasteiger partial charge in [-0.3, -0.25) is 20.0 Å². The van der Waals surface area contributed by atoms with Gasteiger partial charge in [0.05, 0.1) is 12.6 Å². The Hall–Kier alpha value is -4.12. The van der Waals surface area contributed by atoms with E-state index in [9.17, 15) is 18.4 Å². The number of halogens is 2. The number of unbranched alkanes of at least 4 members (excludes halogenated alkanes) is 1. The molecule has 4 N–H and O–H groups in total. The van der Waals surface area contributed by atoms with Crippen molar-refractivity contribution in [2.45, 2.75) is 57.7 Å². The maximum atomic E-state index is 14.2. The predicted octanol–water partition coefficient (Wildman–Crippen LogP) is 3.87. The maximum Gasteiger partial charge on any atom is 0.275 e. The molecule has 1 spiro atoms. The molecule has 40 heavy (non-hydrogen) atoms. The first-order chi connectivity index (χ1) is 19.3. The Bertz CT molecular complexity index is 1350. The lowest BCUT2D eigenvalue weighted by Gasteiger charge is -2.44. The zero-order chi connectivity index (χ0) is 28.3. The van der Waals surface area contributed by atoms with Crippen LogP contribution in [0.5, 0.6) is 0 Å². The summed E-state index contributed by atoms with van der Waals surface area (Å²) in [6.07, 6.45) is 7.71. The van der Waals surface area contributed by atoms with E-state index >= 15 is 0 Å². The van der Waals surface area contributed by atoms with Gasteiger partial charge in [0, 0.05) is 23.6 Å². The van der Waals surface area contributed by atoms with Crippen molar-refractivity contribution in [2.24, 2.45) is 16.0 Å². The second-order valence-electron chi connectivity index (χ2n) is 10.5. The Labute approximate surface area is 231 Å². The Balaban J connectivity index is 1.47. The highest BCUT2D eigenvalue weighted by atomic mass is 19.1. The van der Waals surface area contributed by atoms with Crippen molar-refractivity contribution in [3.63, 3.8) is 0 Å². The van der Waals surface area contributed by atoms with Gasteiger partial charge >= 0.3 is 0 Å². The number of hydrazone groups is 1. The van der Waals surface area contributed by atoms with Gasteiger partial charge in [-0.05, 0) is 48.6 Å². The Morgan fingerprint density at radius 3 is 2.60 bits per heavy atom. The van der Waals surface area contributed by atoms with E-state index in [4.69, 9.17) is 4.99 Å². The zero-order valence-corrected chi connectivity index (χ0v) is 22.5. The van der Waals surface area contributed by atoms with Gasteiger partial charge in [-0.2, -0.15) is 0 Å². The fraction of sp³-hybridized carbons (Fsp3) is 0.379. The number of nitrogens with zero attached hydrogens (tertiary/aromatic N) is 3. The van der Waals surface area contributed by atoms with E-state index < -0.39 is 17.3 Å². The fourth-order valence-electron chi connectivity index (χ4n) is 5.64. The number of hydrogen-bond donors (Lipinski definition) is 4. The standard InChI is InChI=1S/C29H33F2N7O2/c1-3-4-7-24(19-8-10-20(11-9-19)27(39)32-17-25-34-36-37-35-25)38-28(40)26(21-13-22(30)15-23(31)14-21)33-29(38)12-5-6-18(2)16-29/h5-6,8-11,13-15,18,24,36-37H,3-4,7,12,16-17H2,1-2H3,(H,32,39)(H,34,35)/t18?,24-,29?/m1/s1. The largest absolute Gasteiger partial charge is 0.345 e. The molecule has 0 bridgehead atoms. The van der Waals surface area contributed by atoms with Crippen molar-refractivity contribution in [1.82, 2.24) is 26.7 Å². The topological polar surface area (TPSA) is 110 Å². The molecule has 9 nitrogen and oxygen atoms in total. The van der Waals surface area contributed by atoms with Crippen LogP contribution in [-0.2, 0) is 4.79 Å². The number of allylic oxidation sites excluding steroid dienone is 1. The van der Waals surface area contributed by atoms with Crippen LogP contribution in [0, 0.1) is 17.6 Å². The van der Waals surface area contributed by atoms with Crippen molar-refractivity contribution in [2.75, 3.05) is 6.54 Å². The third-order valence-electron chi connectivity index (χ3n) is 7.45. The van der Waals surface area contributed by atoms with E-state index in [0.717, 1.165) is 36.6 Å². The van der Waals surface area contributed by atoms with Crippen molar-refractivity contribution in [3.05, 3.63) is 82.9 Å². The molecule has 2 aromatic carbocycles. The molecule has 0 saturated carbocycles. The molecule has 0 radical (unpaired) electrons. The number of hydrogen-bond acceptors (Lipinski definition) is 7. The molecule has 11 heteroatoms. The number of rotatable bonds is 9. The highest BCUT2D eigenvalue weighted by Crippen LogP contribution is 2.45. The van der Waals surface area contributed by atoms with Crippen LogP contribution in [-0.4, -0.2) is 40.5 Å². The zero-order valence-electron chi connectivity index (χ0n) is 22.5. The number of aliphatic imine (C=N–C) groups is 1. The van der Waals surface area contributed by atoms with Gasteiger partial charge < -0.3 is 10.2 Å². The summed E-state index contributed by atoms with van der Waals surface area (Å²) in [6, 6.07) is 9.99. The molecule has 210 valence electrons. The van der Waals surface area contributed by atoms with E-state index in [1.807, 2.05) is 23.1 Å². The molecule has 0 aromatic heterocycles. The molecule has 2 unspecified atom stereocenters. The smallest absolute Gasteiger partial charge is 0.275 e. The minimum Gasteiger partial charge on any atom is -0.345 e. The molecular formula is C29H33F2N7O2. The molecule has 3 atom stereocenters. The van der Waals surface area contributed by atoms with Gasteiger partial charge in [-0.25, -0.2) is 14.3 Å². The van der Waals surface area contributed by atoms with E-state index in [2.05, 4.69) is 46.8 Å². The number of carbonyl (C=O) groups is 2. The van der Waals surface area contributed by atoms with E-state index in [0.29, 0.717) is 30.7 Å². The van der Waals surface area contributed by atoms with Crippen molar-refractivity contribution >= 4 is 23.4 Å². The fourth-order valence-corrected chi connectivity index (χ4v) is 5.64. The lowest BCUT2D eigenvalue weighted by molar-refractivity contribution is -0.132.